The van der Waals surface area contributed by atoms with Crippen molar-refractivity contribution in [3.63, 3.8) is 0 Å². The Morgan fingerprint density at radius 3 is 2.95 bits per heavy atom. The Hall–Kier alpha value is -1.88. The molecule has 0 radical (unpaired) electrons. The molecule has 1 atom stereocenters. The van der Waals surface area contributed by atoms with Crippen LogP contribution in [0.25, 0.3) is 11.4 Å². The molecular formula is C14H17N3O2. The van der Waals surface area contributed by atoms with Crippen molar-refractivity contribution in [3.8, 4) is 17.1 Å². The number of fused-ring (bicyclic) bond motifs is 1. The first-order valence-electron chi connectivity index (χ1n) is 6.50. The number of nitrogens with two attached hydrogens (primary N) is 1. The van der Waals surface area contributed by atoms with Crippen molar-refractivity contribution in [1.82, 2.24) is 10.1 Å². The van der Waals surface area contributed by atoms with Crippen molar-refractivity contribution < 1.29 is 9.26 Å². The van der Waals surface area contributed by atoms with Crippen molar-refractivity contribution in [2.24, 2.45) is 11.7 Å². The van der Waals surface area contributed by atoms with Crippen molar-refractivity contribution >= 4 is 0 Å². The normalized spacial score (nSPS) is 15.4. The van der Waals surface area contributed by atoms with Gasteiger partial charge in [0, 0.05) is 12.0 Å². The highest BCUT2D eigenvalue weighted by Gasteiger charge is 2.20. The highest BCUT2D eigenvalue weighted by Crippen LogP contribution is 2.30. The minimum Gasteiger partial charge on any atom is -0.493 e. The molecule has 19 heavy (non-hydrogen) atoms. The summed E-state index contributed by atoms with van der Waals surface area (Å²) in [5, 5.41) is 3.99. The SMILES string of the molecule is CC(C)C(N)c1nc(-c2ccc3c(c2)OCC3)no1. The molecule has 0 bridgehead atoms. The molecule has 1 aromatic heterocycles. The largest absolute Gasteiger partial charge is 0.493 e. The van der Waals surface area contributed by atoms with Gasteiger partial charge in [0.05, 0.1) is 12.6 Å². The van der Waals surface area contributed by atoms with Gasteiger partial charge in [-0.15, -0.1) is 0 Å². The third-order valence-corrected chi connectivity index (χ3v) is 3.40. The smallest absolute Gasteiger partial charge is 0.244 e. The molecule has 1 aliphatic heterocycles. The monoisotopic (exact) mass is 259 g/mol. The fourth-order valence-electron chi connectivity index (χ4n) is 2.08. The molecule has 5 nitrogen and oxygen atoms in total. The summed E-state index contributed by atoms with van der Waals surface area (Å²) >= 11 is 0. The van der Waals surface area contributed by atoms with Gasteiger partial charge in [0.2, 0.25) is 11.7 Å². The van der Waals surface area contributed by atoms with Gasteiger partial charge in [-0.05, 0) is 17.5 Å². The van der Waals surface area contributed by atoms with Gasteiger partial charge in [-0.2, -0.15) is 4.98 Å². The fraction of sp³-hybridized carbons (Fsp3) is 0.429. The molecule has 5 heteroatoms. The zero-order chi connectivity index (χ0) is 13.4. The third kappa shape index (κ3) is 2.21. The van der Waals surface area contributed by atoms with Crippen LogP contribution in [0.4, 0.5) is 0 Å². The van der Waals surface area contributed by atoms with Crippen molar-refractivity contribution in [3.05, 3.63) is 29.7 Å². The summed E-state index contributed by atoms with van der Waals surface area (Å²) in [5.41, 5.74) is 8.12. The van der Waals surface area contributed by atoms with E-state index in [9.17, 15) is 0 Å². The molecule has 1 unspecified atom stereocenters. The Labute approximate surface area is 111 Å². The average Bonchev–Trinajstić information content (AvgIpc) is 3.05. The first kappa shape index (κ1) is 12.2. The fourth-order valence-corrected chi connectivity index (χ4v) is 2.08. The van der Waals surface area contributed by atoms with Crippen LogP contribution in [0.3, 0.4) is 0 Å². The highest BCUT2D eigenvalue weighted by molar-refractivity contribution is 5.59. The second-order valence-electron chi connectivity index (χ2n) is 5.15. The number of nitrogens with zero attached hydrogens (tertiary/aromatic N) is 2. The zero-order valence-corrected chi connectivity index (χ0v) is 11.1. The van der Waals surface area contributed by atoms with Crippen LogP contribution in [0.15, 0.2) is 22.7 Å². The van der Waals surface area contributed by atoms with Crippen LogP contribution < -0.4 is 10.5 Å². The molecule has 0 fully saturated rings. The van der Waals surface area contributed by atoms with E-state index in [-0.39, 0.29) is 12.0 Å². The van der Waals surface area contributed by atoms with E-state index in [1.165, 1.54) is 5.56 Å². The minimum absolute atomic E-state index is 0.230. The van der Waals surface area contributed by atoms with E-state index < -0.39 is 0 Å². The number of hydrogen-bond donors (Lipinski definition) is 1. The van der Waals surface area contributed by atoms with Crippen molar-refractivity contribution in [1.29, 1.82) is 0 Å². The minimum atomic E-state index is -0.230. The van der Waals surface area contributed by atoms with E-state index in [2.05, 4.69) is 16.2 Å². The van der Waals surface area contributed by atoms with E-state index in [4.69, 9.17) is 15.0 Å². The predicted octanol–water partition coefficient (Wildman–Crippen LogP) is 2.33. The molecule has 0 spiro atoms. The Morgan fingerprint density at radius 2 is 2.16 bits per heavy atom. The lowest BCUT2D eigenvalue weighted by atomic mass is 10.1. The molecule has 2 heterocycles. The Bertz CT molecular complexity index is 592. The lowest BCUT2D eigenvalue weighted by Crippen LogP contribution is -2.16. The molecule has 1 aliphatic rings. The van der Waals surface area contributed by atoms with Gasteiger partial charge in [-0.25, -0.2) is 0 Å². The van der Waals surface area contributed by atoms with Crippen LogP contribution in [0.5, 0.6) is 5.75 Å². The van der Waals surface area contributed by atoms with Crippen LogP contribution in [-0.4, -0.2) is 16.7 Å². The Kier molecular flexibility index (Phi) is 2.98. The molecule has 0 saturated heterocycles. The van der Waals surface area contributed by atoms with Crippen LogP contribution in [0.2, 0.25) is 0 Å². The van der Waals surface area contributed by atoms with Gasteiger partial charge in [0.25, 0.3) is 0 Å². The first-order valence-corrected chi connectivity index (χ1v) is 6.50. The molecule has 0 amide bonds. The molecule has 2 N–H and O–H groups in total. The number of rotatable bonds is 3. The average molecular weight is 259 g/mol. The molecule has 0 aliphatic carbocycles. The standard InChI is InChI=1S/C14H17N3O2/c1-8(2)12(15)14-16-13(17-19-14)10-4-3-9-5-6-18-11(9)7-10/h3-4,7-8,12H,5-6,15H2,1-2H3. The summed E-state index contributed by atoms with van der Waals surface area (Å²) in [6.45, 7) is 4.80. The maximum absolute atomic E-state index is 6.00. The van der Waals surface area contributed by atoms with E-state index in [1.807, 2.05) is 26.0 Å². The summed E-state index contributed by atoms with van der Waals surface area (Å²) in [5.74, 6) is 2.21. The van der Waals surface area contributed by atoms with Gasteiger partial charge >= 0.3 is 0 Å². The van der Waals surface area contributed by atoms with Crippen LogP contribution in [0, 0.1) is 5.92 Å². The number of ether oxygens (including phenoxy) is 1. The highest BCUT2D eigenvalue weighted by atomic mass is 16.5. The maximum atomic E-state index is 6.00. The van der Waals surface area contributed by atoms with E-state index in [0.717, 1.165) is 24.3 Å². The molecule has 100 valence electrons. The van der Waals surface area contributed by atoms with Gasteiger partial charge in [0.1, 0.15) is 5.75 Å². The topological polar surface area (TPSA) is 74.2 Å². The van der Waals surface area contributed by atoms with Crippen molar-refractivity contribution in [2.75, 3.05) is 6.61 Å². The Morgan fingerprint density at radius 1 is 1.32 bits per heavy atom. The lowest BCUT2D eigenvalue weighted by molar-refractivity contribution is 0.325. The van der Waals surface area contributed by atoms with Gasteiger partial charge in [-0.1, -0.05) is 31.1 Å². The van der Waals surface area contributed by atoms with Gasteiger partial charge < -0.3 is 15.0 Å². The summed E-state index contributed by atoms with van der Waals surface area (Å²) in [7, 11) is 0. The summed E-state index contributed by atoms with van der Waals surface area (Å²) in [6.07, 6.45) is 0.964. The van der Waals surface area contributed by atoms with E-state index in [1.54, 1.807) is 0 Å². The third-order valence-electron chi connectivity index (χ3n) is 3.40. The quantitative estimate of drug-likeness (QED) is 0.915. The van der Waals surface area contributed by atoms with Crippen LogP contribution >= 0.6 is 0 Å². The summed E-state index contributed by atoms with van der Waals surface area (Å²) < 4.78 is 10.8. The second-order valence-corrected chi connectivity index (χ2v) is 5.15. The van der Waals surface area contributed by atoms with Crippen LogP contribution in [0.1, 0.15) is 31.3 Å². The summed E-state index contributed by atoms with van der Waals surface area (Å²) in [6, 6.07) is 5.77. The first-order chi connectivity index (χ1) is 9.15. The number of hydrogen-bond acceptors (Lipinski definition) is 5. The lowest BCUT2D eigenvalue weighted by Gasteiger charge is -2.09. The van der Waals surface area contributed by atoms with Crippen molar-refractivity contribution in [2.45, 2.75) is 26.3 Å². The molecule has 0 saturated carbocycles. The van der Waals surface area contributed by atoms with Gasteiger partial charge in [0.15, 0.2) is 0 Å². The molecular weight excluding hydrogens is 242 g/mol. The number of aromatic nitrogens is 2. The second kappa shape index (κ2) is 4.66. The van der Waals surface area contributed by atoms with Crippen LogP contribution in [-0.2, 0) is 6.42 Å². The predicted molar refractivity (Wildman–Crippen MR) is 70.7 cm³/mol. The zero-order valence-electron chi connectivity index (χ0n) is 11.1. The maximum Gasteiger partial charge on any atom is 0.244 e. The van der Waals surface area contributed by atoms with E-state index in [0.29, 0.717) is 11.7 Å². The summed E-state index contributed by atoms with van der Waals surface area (Å²) in [4.78, 5) is 4.37. The number of benzene rings is 1. The molecule has 1 aromatic carbocycles. The van der Waals surface area contributed by atoms with Gasteiger partial charge in [-0.3, -0.25) is 0 Å². The Balaban J connectivity index is 1.90. The molecule has 2 aromatic rings. The molecule has 3 rings (SSSR count). The van der Waals surface area contributed by atoms with E-state index >= 15 is 0 Å².